The average Bonchev–Trinajstić information content (AvgIpc) is 3.08. The molecule has 1 aliphatic heterocycles. The number of aryl methyl sites for hydroxylation is 1. The molecule has 2 aromatic rings. The van der Waals surface area contributed by atoms with Gasteiger partial charge in [0.1, 0.15) is 12.4 Å². The van der Waals surface area contributed by atoms with E-state index < -0.39 is 6.10 Å². The molecular formula is C18H28IN7O2. The number of methoxy groups -OCH3 is 1. The zero-order valence-electron chi connectivity index (χ0n) is 16.2. The van der Waals surface area contributed by atoms with E-state index >= 15 is 0 Å². The summed E-state index contributed by atoms with van der Waals surface area (Å²) in [6, 6.07) is 3.79. The fraction of sp³-hybridized carbons (Fsp3) is 0.556. The maximum atomic E-state index is 10.3. The number of aliphatic imine (C=N–C) groups is 1. The first-order valence-electron chi connectivity index (χ1n) is 9.24. The van der Waals surface area contributed by atoms with Gasteiger partial charge in [0.25, 0.3) is 0 Å². The second kappa shape index (κ2) is 11.3. The number of nitrogens with zero attached hydrogens (tertiary/aromatic N) is 5. The molecule has 0 amide bonds. The Kier molecular flexibility index (Phi) is 9.06. The number of hydrogen-bond acceptors (Lipinski definition) is 6. The highest BCUT2D eigenvalue weighted by Crippen LogP contribution is 2.14. The van der Waals surface area contributed by atoms with Crippen LogP contribution in [0.4, 0.5) is 0 Å². The van der Waals surface area contributed by atoms with Gasteiger partial charge in [0.15, 0.2) is 11.8 Å². The number of nitrogens with one attached hydrogen (secondary N) is 2. The fourth-order valence-electron chi connectivity index (χ4n) is 3.05. The zero-order chi connectivity index (χ0) is 19.1. The molecule has 0 aliphatic carbocycles. The molecule has 1 aliphatic rings. The third-order valence-corrected chi connectivity index (χ3v) is 4.37. The number of ether oxygens (including phenoxy) is 1. The van der Waals surface area contributed by atoms with Crippen molar-refractivity contribution >= 4 is 29.9 Å². The second-order valence-electron chi connectivity index (χ2n) is 6.46. The molecule has 28 heavy (non-hydrogen) atoms. The number of halogens is 1. The molecule has 3 rings (SSSR count). The lowest BCUT2D eigenvalue weighted by Crippen LogP contribution is -2.47. The van der Waals surface area contributed by atoms with Crippen LogP contribution >= 0.6 is 24.0 Å². The molecular weight excluding hydrogens is 473 g/mol. The van der Waals surface area contributed by atoms with Gasteiger partial charge in [0.2, 0.25) is 0 Å². The number of rotatable bonds is 7. The molecule has 2 aromatic heterocycles. The lowest BCUT2D eigenvalue weighted by Gasteiger charge is -2.25. The Labute approximate surface area is 182 Å². The van der Waals surface area contributed by atoms with Crippen LogP contribution in [0.5, 0.6) is 0 Å². The van der Waals surface area contributed by atoms with Crippen molar-refractivity contribution in [3.05, 3.63) is 41.7 Å². The van der Waals surface area contributed by atoms with Gasteiger partial charge in [0.05, 0.1) is 19.2 Å². The molecule has 2 atom stereocenters. The molecule has 0 bridgehead atoms. The Bertz CT molecular complexity index is 754. The summed E-state index contributed by atoms with van der Waals surface area (Å²) in [5.41, 5.74) is 0.806. The standard InChI is InChI=1S/C18H27N7O2.HI/c1-3-20-18(21-10-15(26)13-6-8-19-9-7-13)22-14-4-5-17-23-16(12-27-2)24-25(17)11-14;/h6-9,14-15,26H,3-5,10-12H2,1-2H3,(H2,20,21,22);1H. The van der Waals surface area contributed by atoms with Gasteiger partial charge in [-0.15, -0.1) is 24.0 Å². The number of fused-ring (bicyclic) bond motifs is 1. The van der Waals surface area contributed by atoms with Crippen LogP contribution < -0.4 is 10.6 Å². The Morgan fingerprint density at radius 3 is 2.93 bits per heavy atom. The number of aliphatic hydroxyl groups is 1. The highest BCUT2D eigenvalue weighted by Gasteiger charge is 2.22. The Morgan fingerprint density at radius 1 is 1.43 bits per heavy atom. The molecule has 3 N–H and O–H groups in total. The normalized spacial score (nSPS) is 17.4. The van der Waals surface area contributed by atoms with Crippen LogP contribution in [0.25, 0.3) is 0 Å². The molecule has 0 saturated carbocycles. The van der Waals surface area contributed by atoms with Crippen LogP contribution in [-0.2, 0) is 24.3 Å². The topological polar surface area (TPSA) is 109 Å². The van der Waals surface area contributed by atoms with Crippen molar-refractivity contribution in [3.8, 4) is 0 Å². The van der Waals surface area contributed by atoms with Gasteiger partial charge in [-0.05, 0) is 31.0 Å². The summed E-state index contributed by atoms with van der Waals surface area (Å²) in [4.78, 5) is 13.0. The van der Waals surface area contributed by atoms with Gasteiger partial charge in [-0.1, -0.05) is 0 Å². The molecule has 9 nitrogen and oxygen atoms in total. The van der Waals surface area contributed by atoms with E-state index in [-0.39, 0.29) is 36.6 Å². The molecule has 10 heteroatoms. The summed E-state index contributed by atoms with van der Waals surface area (Å²) < 4.78 is 7.04. The van der Waals surface area contributed by atoms with Crippen molar-refractivity contribution < 1.29 is 9.84 Å². The molecule has 0 spiro atoms. The van der Waals surface area contributed by atoms with Gasteiger partial charge in [0, 0.05) is 38.5 Å². The zero-order valence-corrected chi connectivity index (χ0v) is 18.5. The van der Waals surface area contributed by atoms with E-state index in [4.69, 9.17) is 4.74 Å². The number of hydrogen-bond donors (Lipinski definition) is 3. The first-order chi connectivity index (χ1) is 13.2. The van der Waals surface area contributed by atoms with Crippen LogP contribution in [0.1, 0.15) is 36.7 Å². The maximum Gasteiger partial charge on any atom is 0.191 e. The van der Waals surface area contributed by atoms with Crippen molar-refractivity contribution in [2.45, 2.75) is 45.1 Å². The van der Waals surface area contributed by atoms with Gasteiger partial charge in [-0.3, -0.25) is 9.98 Å². The number of pyridine rings is 1. The third-order valence-electron chi connectivity index (χ3n) is 4.37. The van der Waals surface area contributed by atoms with E-state index in [1.165, 1.54) is 0 Å². The Hall–Kier alpha value is -1.79. The Balaban J connectivity index is 0.00000280. The summed E-state index contributed by atoms with van der Waals surface area (Å²) >= 11 is 0. The first-order valence-corrected chi connectivity index (χ1v) is 9.24. The van der Waals surface area contributed by atoms with Crippen molar-refractivity contribution in [1.82, 2.24) is 30.4 Å². The number of aliphatic hydroxyl groups excluding tert-OH is 1. The van der Waals surface area contributed by atoms with E-state index in [9.17, 15) is 5.11 Å². The van der Waals surface area contributed by atoms with Crippen molar-refractivity contribution in [3.63, 3.8) is 0 Å². The van der Waals surface area contributed by atoms with Gasteiger partial charge in [-0.25, -0.2) is 9.67 Å². The molecule has 0 radical (unpaired) electrons. The van der Waals surface area contributed by atoms with Crippen molar-refractivity contribution in [1.29, 1.82) is 0 Å². The lowest BCUT2D eigenvalue weighted by atomic mass is 10.1. The number of aromatic nitrogens is 4. The van der Waals surface area contributed by atoms with Crippen LogP contribution in [0.2, 0.25) is 0 Å². The minimum absolute atomic E-state index is 0. The quantitative estimate of drug-likeness (QED) is 0.296. The minimum atomic E-state index is -0.659. The first kappa shape index (κ1) is 22.5. The number of guanidine groups is 1. The minimum Gasteiger partial charge on any atom is -0.386 e. The van der Waals surface area contributed by atoms with E-state index in [0.717, 1.165) is 37.3 Å². The summed E-state index contributed by atoms with van der Waals surface area (Å²) in [6.07, 6.45) is 4.48. The van der Waals surface area contributed by atoms with E-state index in [0.29, 0.717) is 18.4 Å². The predicted octanol–water partition coefficient (Wildman–Crippen LogP) is 1.04. The van der Waals surface area contributed by atoms with E-state index in [2.05, 4.69) is 30.7 Å². The average molecular weight is 501 g/mol. The van der Waals surface area contributed by atoms with Crippen LogP contribution in [0.3, 0.4) is 0 Å². The Morgan fingerprint density at radius 2 is 2.21 bits per heavy atom. The van der Waals surface area contributed by atoms with Gasteiger partial charge in [-0.2, -0.15) is 5.10 Å². The van der Waals surface area contributed by atoms with Crippen molar-refractivity contribution in [2.75, 3.05) is 20.2 Å². The summed E-state index contributed by atoms with van der Waals surface area (Å²) in [7, 11) is 1.64. The second-order valence-corrected chi connectivity index (χ2v) is 6.46. The lowest BCUT2D eigenvalue weighted by molar-refractivity contribution is 0.177. The maximum absolute atomic E-state index is 10.3. The predicted molar refractivity (Wildman–Crippen MR) is 117 cm³/mol. The van der Waals surface area contributed by atoms with Gasteiger partial charge < -0.3 is 20.5 Å². The fourth-order valence-corrected chi connectivity index (χ4v) is 3.05. The van der Waals surface area contributed by atoms with Gasteiger partial charge >= 0.3 is 0 Å². The molecule has 0 aromatic carbocycles. The third kappa shape index (κ3) is 6.11. The highest BCUT2D eigenvalue weighted by atomic mass is 127. The molecule has 3 heterocycles. The molecule has 2 unspecified atom stereocenters. The SMILES string of the molecule is CCNC(=NCC(O)c1ccncc1)NC1CCc2nc(COC)nn2C1.I. The van der Waals surface area contributed by atoms with Crippen LogP contribution in [0.15, 0.2) is 29.5 Å². The van der Waals surface area contributed by atoms with Crippen molar-refractivity contribution in [2.24, 2.45) is 4.99 Å². The highest BCUT2D eigenvalue weighted by molar-refractivity contribution is 14.0. The summed E-state index contributed by atoms with van der Waals surface area (Å²) in [5.74, 6) is 2.40. The van der Waals surface area contributed by atoms with E-state index in [1.807, 2.05) is 11.6 Å². The monoisotopic (exact) mass is 501 g/mol. The molecule has 154 valence electrons. The molecule has 0 saturated heterocycles. The van der Waals surface area contributed by atoms with Crippen LogP contribution in [-0.4, -0.2) is 57.1 Å². The summed E-state index contributed by atoms with van der Waals surface area (Å²) in [5, 5.41) is 21.5. The summed E-state index contributed by atoms with van der Waals surface area (Å²) in [6.45, 7) is 4.19. The largest absolute Gasteiger partial charge is 0.386 e. The van der Waals surface area contributed by atoms with Crippen LogP contribution in [0, 0.1) is 0 Å². The van der Waals surface area contributed by atoms with E-state index in [1.54, 1.807) is 31.6 Å². The smallest absolute Gasteiger partial charge is 0.191 e. The molecule has 0 fully saturated rings.